The van der Waals surface area contributed by atoms with E-state index in [0.717, 1.165) is 6.42 Å². The lowest BCUT2D eigenvalue weighted by molar-refractivity contribution is 0.358. The first-order valence-corrected chi connectivity index (χ1v) is 14.3. The third kappa shape index (κ3) is 6.10. The maximum absolute atomic E-state index is 14.2. The van der Waals surface area contributed by atoms with Crippen LogP contribution in [0.3, 0.4) is 0 Å². The Kier molecular flexibility index (Phi) is 9.91. The molecule has 0 saturated heterocycles. The second-order valence-electron chi connectivity index (χ2n) is 9.01. The van der Waals surface area contributed by atoms with Gasteiger partial charge in [0.05, 0.1) is 22.6 Å². The fourth-order valence-corrected chi connectivity index (χ4v) is 5.82. The van der Waals surface area contributed by atoms with Crippen LogP contribution in [0, 0.1) is 11.3 Å². The van der Waals surface area contributed by atoms with Crippen LogP contribution in [-0.2, 0) is 16.3 Å². The van der Waals surface area contributed by atoms with Gasteiger partial charge >= 0.3 is 0 Å². The monoisotopic (exact) mass is 562 g/mol. The minimum atomic E-state index is -4.54. The number of aromatic hydroxyl groups is 1. The van der Waals surface area contributed by atoms with E-state index in [0.29, 0.717) is 36.0 Å². The van der Waals surface area contributed by atoms with Gasteiger partial charge in [0.2, 0.25) is 21.7 Å². The number of aliphatic imine (C=N–C) groups is 1. The highest BCUT2D eigenvalue weighted by Gasteiger charge is 2.32. The molecule has 1 heterocycles. The van der Waals surface area contributed by atoms with E-state index in [2.05, 4.69) is 22.8 Å². The lowest BCUT2D eigenvalue weighted by Crippen LogP contribution is -2.27. The van der Waals surface area contributed by atoms with Crippen molar-refractivity contribution < 1.29 is 17.9 Å². The van der Waals surface area contributed by atoms with Gasteiger partial charge in [0.15, 0.2) is 4.90 Å². The SMILES string of the molecule is C=N/C(F)=C(\C=C/C)c1ccc(S(=O)(=O)c2c(O)n([C@@H](CC)c3cccc(C#N)c3)c(CCCC)nc2=O)cc1. The Hall–Kier alpha value is -4.36. The van der Waals surface area contributed by atoms with Gasteiger partial charge in [-0.15, -0.1) is 0 Å². The van der Waals surface area contributed by atoms with Gasteiger partial charge in [-0.3, -0.25) is 9.36 Å². The molecule has 208 valence electrons. The number of halogens is 1. The summed E-state index contributed by atoms with van der Waals surface area (Å²) in [6, 6.07) is 13.5. The molecule has 1 N–H and O–H groups in total. The predicted octanol–water partition coefficient (Wildman–Crippen LogP) is 5.91. The topological polar surface area (TPSA) is 125 Å². The van der Waals surface area contributed by atoms with Crippen LogP contribution in [0.25, 0.3) is 5.57 Å². The summed E-state index contributed by atoms with van der Waals surface area (Å²) in [5.41, 5.74) is 0.454. The third-order valence-corrected chi connectivity index (χ3v) is 8.21. The minimum absolute atomic E-state index is 0.110. The van der Waals surface area contributed by atoms with E-state index >= 15 is 0 Å². The first-order valence-electron chi connectivity index (χ1n) is 12.8. The second-order valence-corrected chi connectivity index (χ2v) is 10.9. The molecule has 3 aromatic rings. The first kappa shape index (κ1) is 30.2. The van der Waals surface area contributed by atoms with E-state index in [9.17, 15) is 28.0 Å². The van der Waals surface area contributed by atoms with Crippen LogP contribution in [0.15, 0.2) is 86.2 Å². The Morgan fingerprint density at radius 1 is 1.25 bits per heavy atom. The number of aromatic nitrogens is 2. The molecule has 1 aromatic heterocycles. The van der Waals surface area contributed by atoms with E-state index in [1.54, 1.807) is 37.3 Å². The molecule has 0 saturated carbocycles. The van der Waals surface area contributed by atoms with E-state index in [4.69, 9.17) is 0 Å². The van der Waals surface area contributed by atoms with Crippen LogP contribution < -0.4 is 5.56 Å². The zero-order chi connectivity index (χ0) is 29.4. The fourth-order valence-electron chi connectivity index (χ4n) is 4.47. The van der Waals surface area contributed by atoms with Crippen molar-refractivity contribution in [3.05, 3.63) is 99.5 Å². The lowest BCUT2D eigenvalue weighted by Gasteiger charge is -2.25. The molecular weight excluding hydrogens is 531 g/mol. The average Bonchev–Trinajstić information content (AvgIpc) is 2.96. The quantitative estimate of drug-likeness (QED) is 0.176. The van der Waals surface area contributed by atoms with Gasteiger partial charge in [0.1, 0.15) is 5.82 Å². The Labute approximate surface area is 233 Å². The Bertz CT molecular complexity index is 1670. The highest BCUT2D eigenvalue weighted by molar-refractivity contribution is 7.91. The molecule has 0 aliphatic rings. The Balaban J connectivity index is 2.24. The van der Waals surface area contributed by atoms with Crippen LogP contribution in [0.1, 0.15) is 68.6 Å². The highest BCUT2D eigenvalue weighted by atomic mass is 32.2. The number of allylic oxidation sites excluding steroid dienone is 3. The summed E-state index contributed by atoms with van der Waals surface area (Å²) in [5, 5.41) is 20.8. The van der Waals surface area contributed by atoms with Crippen molar-refractivity contribution in [1.29, 1.82) is 5.26 Å². The molecule has 0 amide bonds. The summed E-state index contributed by atoms with van der Waals surface area (Å²) >= 11 is 0. The van der Waals surface area contributed by atoms with Crippen LogP contribution in [0.2, 0.25) is 0 Å². The van der Waals surface area contributed by atoms with Crippen LogP contribution in [0.5, 0.6) is 5.88 Å². The molecule has 0 aliphatic heterocycles. The van der Waals surface area contributed by atoms with Crippen LogP contribution in [-0.4, -0.2) is 29.8 Å². The van der Waals surface area contributed by atoms with Crippen molar-refractivity contribution in [2.75, 3.05) is 0 Å². The Morgan fingerprint density at radius 3 is 2.52 bits per heavy atom. The summed E-state index contributed by atoms with van der Waals surface area (Å²) in [6.07, 6.45) is 5.28. The normalized spacial score (nSPS) is 13.1. The number of hydrogen-bond acceptors (Lipinski definition) is 7. The number of aryl methyl sites for hydroxylation is 1. The molecule has 40 heavy (non-hydrogen) atoms. The van der Waals surface area contributed by atoms with Crippen molar-refractivity contribution in [1.82, 2.24) is 9.55 Å². The molecule has 0 aliphatic carbocycles. The van der Waals surface area contributed by atoms with Crippen molar-refractivity contribution >= 4 is 22.1 Å². The van der Waals surface area contributed by atoms with Gasteiger partial charge in [-0.05, 0) is 61.9 Å². The molecule has 10 heteroatoms. The molecule has 0 spiro atoms. The van der Waals surface area contributed by atoms with E-state index in [-0.39, 0.29) is 16.3 Å². The van der Waals surface area contributed by atoms with Crippen molar-refractivity contribution in [3.63, 3.8) is 0 Å². The highest BCUT2D eigenvalue weighted by Crippen LogP contribution is 2.34. The van der Waals surface area contributed by atoms with Gasteiger partial charge in [0, 0.05) is 12.0 Å². The molecule has 1 atom stereocenters. The predicted molar refractivity (Wildman–Crippen MR) is 153 cm³/mol. The largest absolute Gasteiger partial charge is 0.493 e. The van der Waals surface area contributed by atoms with Crippen molar-refractivity contribution in [2.45, 2.75) is 62.3 Å². The van der Waals surface area contributed by atoms with Crippen molar-refractivity contribution in [2.24, 2.45) is 4.99 Å². The smallest absolute Gasteiger partial charge is 0.296 e. The minimum Gasteiger partial charge on any atom is -0.493 e. The maximum atomic E-state index is 14.2. The molecule has 3 rings (SSSR count). The lowest BCUT2D eigenvalue weighted by atomic mass is 10.0. The zero-order valence-electron chi connectivity index (χ0n) is 22.6. The Morgan fingerprint density at radius 2 is 1.95 bits per heavy atom. The molecule has 0 fully saturated rings. The van der Waals surface area contributed by atoms with E-state index in [1.807, 2.05) is 13.8 Å². The van der Waals surface area contributed by atoms with Gasteiger partial charge in [-0.2, -0.15) is 14.6 Å². The van der Waals surface area contributed by atoms with Gasteiger partial charge in [0.25, 0.3) is 5.56 Å². The number of sulfone groups is 1. The van der Waals surface area contributed by atoms with E-state index in [1.165, 1.54) is 34.9 Å². The molecular formula is C30H31FN4O4S. The number of benzene rings is 2. The first-order chi connectivity index (χ1) is 19.1. The molecule has 8 nitrogen and oxygen atoms in total. The molecule has 2 aromatic carbocycles. The fraction of sp³-hybridized carbons (Fsp3) is 0.267. The summed E-state index contributed by atoms with van der Waals surface area (Å²) in [5.74, 6) is -1.30. The van der Waals surface area contributed by atoms with Crippen LogP contribution >= 0.6 is 0 Å². The second kappa shape index (κ2) is 13.1. The standard InChI is InChI=1S/C30H31FN4O4S/c1-5-8-13-26-34-29(36)27(30(37)35(26)25(7-3)22-12-9-11-20(18-22)19-32)40(38,39)23-16-14-21(15-17-23)24(10-6-2)28(31)33-4/h6,9-12,14-18,25,37H,4-5,7-8,13H2,1-3H3/b10-6-,28-24+/t25-/m0/s1. The van der Waals surface area contributed by atoms with Gasteiger partial charge < -0.3 is 5.11 Å². The van der Waals surface area contributed by atoms with Gasteiger partial charge in [-0.25, -0.2) is 13.4 Å². The number of nitriles is 1. The maximum Gasteiger partial charge on any atom is 0.296 e. The molecule has 0 bridgehead atoms. The number of nitrogens with zero attached hydrogens (tertiary/aromatic N) is 4. The average molecular weight is 563 g/mol. The van der Waals surface area contributed by atoms with E-state index < -0.39 is 38.2 Å². The molecule has 0 radical (unpaired) electrons. The third-order valence-electron chi connectivity index (χ3n) is 6.43. The number of hydrogen-bond donors (Lipinski definition) is 1. The van der Waals surface area contributed by atoms with Crippen molar-refractivity contribution in [3.8, 4) is 11.9 Å². The number of rotatable bonds is 11. The zero-order valence-corrected chi connectivity index (χ0v) is 23.4. The van der Waals surface area contributed by atoms with Crippen LogP contribution in [0.4, 0.5) is 4.39 Å². The summed E-state index contributed by atoms with van der Waals surface area (Å²) < 4.78 is 43.0. The number of unbranched alkanes of at least 4 members (excludes halogenated alkanes) is 1. The summed E-state index contributed by atoms with van der Waals surface area (Å²) in [7, 11) is -4.54. The molecule has 0 unspecified atom stereocenters. The summed E-state index contributed by atoms with van der Waals surface area (Å²) in [4.78, 5) is 19.5. The van der Waals surface area contributed by atoms with Gasteiger partial charge in [-0.1, -0.05) is 56.7 Å². The summed E-state index contributed by atoms with van der Waals surface area (Å²) in [6.45, 7) is 8.70.